The second kappa shape index (κ2) is 8.00. The molecular formula is C19H15F3N2O4S. The van der Waals surface area contributed by atoms with E-state index in [1.807, 2.05) is 0 Å². The monoisotopic (exact) mass is 424 g/mol. The summed E-state index contributed by atoms with van der Waals surface area (Å²) in [6, 6.07) is 15.2. The number of nitrogens with zero attached hydrogens (tertiary/aromatic N) is 1. The number of rotatable bonds is 6. The SMILES string of the molecule is O=S(=O)(Nc1ccc(-c2cccc(O)c2)cc1)c1ccc(OCC(F)(F)F)nc1. The molecule has 0 atom stereocenters. The summed E-state index contributed by atoms with van der Waals surface area (Å²) < 4.78 is 68.1. The highest BCUT2D eigenvalue weighted by atomic mass is 32.2. The Morgan fingerprint density at radius 3 is 2.31 bits per heavy atom. The van der Waals surface area contributed by atoms with Crippen molar-refractivity contribution in [3.63, 3.8) is 0 Å². The first-order valence-corrected chi connectivity index (χ1v) is 9.69. The van der Waals surface area contributed by atoms with Crippen LogP contribution in [0, 0.1) is 0 Å². The molecule has 6 nitrogen and oxygen atoms in total. The standard InChI is InChI=1S/C19H15F3N2O4S/c20-19(21,22)12-28-18-9-8-17(11-23-18)29(26,27)24-15-6-4-13(5-7-15)14-2-1-3-16(25)10-14/h1-11,24-25H,12H2. The van der Waals surface area contributed by atoms with Crippen molar-refractivity contribution >= 4 is 15.7 Å². The molecule has 0 aliphatic rings. The van der Waals surface area contributed by atoms with E-state index < -0.39 is 22.8 Å². The van der Waals surface area contributed by atoms with Gasteiger partial charge >= 0.3 is 6.18 Å². The first kappa shape index (κ1) is 20.5. The summed E-state index contributed by atoms with van der Waals surface area (Å²) in [5.41, 5.74) is 1.82. The van der Waals surface area contributed by atoms with Gasteiger partial charge in [0.15, 0.2) is 6.61 Å². The predicted molar refractivity (Wildman–Crippen MR) is 100 cm³/mol. The second-order valence-electron chi connectivity index (χ2n) is 5.97. The fourth-order valence-electron chi connectivity index (χ4n) is 2.40. The smallest absolute Gasteiger partial charge is 0.422 e. The third-order valence-electron chi connectivity index (χ3n) is 3.72. The Kier molecular flexibility index (Phi) is 5.64. The number of ether oxygens (including phenoxy) is 1. The van der Waals surface area contributed by atoms with Crippen LogP contribution in [-0.4, -0.2) is 31.3 Å². The van der Waals surface area contributed by atoms with E-state index in [2.05, 4.69) is 14.4 Å². The maximum absolute atomic E-state index is 12.4. The number of phenols is 1. The van der Waals surface area contributed by atoms with E-state index in [0.717, 1.165) is 29.5 Å². The van der Waals surface area contributed by atoms with Crippen LogP contribution in [0.15, 0.2) is 71.8 Å². The number of nitrogens with one attached hydrogen (secondary N) is 1. The van der Waals surface area contributed by atoms with Crippen LogP contribution in [0.5, 0.6) is 11.6 Å². The lowest BCUT2D eigenvalue weighted by Gasteiger charge is -2.10. The van der Waals surface area contributed by atoms with E-state index in [1.54, 1.807) is 48.5 Å². The number of hydrogen-bond acceptors (Lipinski definition) is 5. The van der Waals surface area contributed by atoms with Gasteiger partial charge in [-0.3, -0.25) is 4.72 Å². The number of halogens is 3. The van der Waals surface area contributed by atoms with Crippen molar-refractivity contribution in [2.45, 2.75) is 11.1 Å². The van der Waals surface area contributed by atoms with Gasteiger partial charge in [0.25, 0.3) is 10.0 Å². The summed E-state index contributed by atoms with van der Waals surface area (Å²) in [4.78, 5) is 3.36. The summed E-state index contributed by atoms with van der Waals surface area (Å²) in [6.45, 7) is -1.52. The number of hydrogen-bond donors (Lipinski definition) is 2. The van der Waals surface area contributed by atoms with Crippen molar-refractivity contribution < 1.29 is 31.4 Å². The van der Waals surface area contributed by atoms with Gasteiger partial charge < -0.3 is 9.84 Å². The number of aromatic nitrogens is 1. The number of alkyl halides is 3. The van der Waals surface area contributed by atoms with Gasteiger partial charge in [-0.1, -0.05) is 24.3 Å². The molecule has 0 aliphatic heterocycles. The average Bonchev–Trinajstić information content (AvgIpc) is 2.66. The van der Waals surface area contributed by atoms with Crippen LogP contribution < -0.4 is 9.46 Å². The maximum atomic E-state index is 12.4. The van der Waals surface area contributed by atoms with E-state index in [-0.39, 0.29) is 22.2 Å². The van der Waals surface area contributed by atoms with Crippen LogP contribution in [0.4, 0.5) is 18.9 Å². The third-order valence-corrected chi connectivity index (χ3v) is 5.09. The Balaban J connectivity index is 1.70. The maximum Gasteiger partial charge on any atom is 0.422 e. The van der Waals surface area contributed by atoms with Crippen LogP contribution in [0.2, 0.25) is 0 Å². The Bertz CT molecular complexity index is 1080. The Morgan fingerprint density at radius 2 is 1.72 bits per heavy atom. The van der Waals surface area contributed by atoms with Gasteiger partial charge in [-0.05, 0) is 41.5 Å². The first-order valence-electron chi connectivity index (χ1n) is 8.20. The zero-order chi connectivity index (χ0) is 21.1. The van der Waals surface area contributed by atoms with Crippen LogP contribution in [0.1, 0.15) is 0 Å². The zero-order valence-electron chi connectivity index (χ0n) is 14.7. The van der Waals surface area contributed by atoms with E-state index in [1.165, 1.54) is 0 Å². The fraction of sp³-hybridized carbons (Fsp3) is 0.105. The summed E-state index contributed by atoms with van der Waals surface area (Å²) in [5, 5.41) is 9.54. The van der Waals surface area contributed by atoms with Gasteiger partial charge in [0.1, 0.15) is 10.6 Å². The van der Waals surface area contributed by atoms with Crippen molar-refractivity contribution in [2.75, 3.05) is 11.3 Å². The predicted octanol–water partition coefficient (Wildman–Crippen LogP) is 4.20. The number of anilines is 1. The third kappa shape index (κ3) is 5.61. The molecule has 29 heavy (non-hydrogen) atoms. The first-order chi connectivity index (χ1) is 13.6. The molecule has 2 N–H and O–H groups in total. The van der Waals surface area contributed by atoms with Crippen LogP contribution in [-0.2, 0) is 10.0 Å². The minimum Gasteiger partial charge on any atom is -0.508 e. The number of phenolic OH excluding ortho intramolecular Hbond substituents is 1. The second-order valence-corrected chi connectivity index (χ2v) is 7.65. The van der Waals surface area contributed by atoms with Crippen molar-refractivity contribution in [1.82, 2.24) is 4.98 Å². The van der Waals surface area contributed by atoms with Gasteiger partial charge in [-0.15, -0.1) is 0 Å². The fourth-order valence-corrected chi connectivity index (χ4v) is 3.40. The molecule has 0 bridgehead atoms. The van der Waals surface area contributed by atoms with Crippen molar-refractivity contribution in [3.05, 3.63) is 66.9 Å². The molecule has 152 valence electrons. The lowest BCUT2D eigenvalue weighted by atomic mass is 10.1. The molecule has 3 rings (SSSR count). The highest BCUT2D eigenvalue weighted by Crippen LogP contribution is 2.25. The Morgan fingerprint density at radius 1 is 1.00 bits per heavy atom. The summed E-state index contributed by atoms with van der Waals surface area (Å²) in [6.07, 6.45) is -3.60. The highest BCUT2D eigenvalue weighted by molar-refractivity contribution is 7.92. The zero-order valence-corrected chi connectivity index (χ0v) is 15.5. The number of pyridine rings is 1. The van der Waals surface area contributed by atoms with E-state index in [4.69, 9.17) is 0 Å². The number of benzene rings is 2. The van der Waals surface area contributed by atoms with Gasteiger partial charge in [0, 0.05) is 11.8 Å². The summed E-state index contributed by atoms with van der Waals surface area (Å²) in [5.74, 6) is -0.223. The van der Waals surface area contributed by atoms with E-state index in [9.17, 15) is 26.7 Å². The van der Waals surface area contributed by atoms with Crippen molar-refractivity contribution in [2.24, 2.45) is 0 Å². The molecule has 0 aliphatic carbocycles. The molecule has 0 amide bonds. The topological polar surface area (TPSA) is 88.5 Å². The van der Waals surface area contributed by atoms with Gasteiger partial charge in [0.2, 0.25) is 5.88 Å². The lowest BCUT2D eigenvalue weighted by molar-refractivity contribution is -0.154. The molecule has 0 radical (unpaired) electrons. The lowest BCUT2D eigenvalue weighted by Crippen LogP contribution is -2.19. The molecule has 0 unspecified atom stereocenters. The average molecular weight is 424 g/mol. The molecule has 10 heteroatoms. The van der Waals surface area contributed by atoms with Crippen LogP contribution >= 0.6 is 0 Å². The Labute approximate surface area is 164 Å². The van der Waals surface area contributed by atoms with Gasteiger partial charge in [-0.2, -0.15) is 13.2 Å². The molecule has 3 aromatic rings. The van der Waals surface area contributed by atoms with E-state index in [0.29, 0.717) is 0 Å². The molecular weight excluding hydrogens is 409 g/mol. The van der Waals surface area contributed by atoms with E-state index >= 15 is 0 Å². The van der Waals surface area contributed by atoms with Crippen molar-refractivity contribution in [1.29, 1.82) is 0 Å². The molecule has 0 saturated carbocycles. The molecule has 0 fully saturated rings. The minimum atomic E-state index is -4.52. The highest BCUT2D eigenvalue weighted by Gasteiger charge is 2.28. The summed E-state index contributed by atoms with van der Waals surface area (Å²) in [7, 11) is -3.99. The van der Waals surface area contributed by atoms with Crippen LogP contribution in [0.3, 0.4) is 0 Å². The van der Waals surface area contributed by atoms with Crippen LogP contribution in [0.25, 0.3) is 11.1 Å². The normalized spacial score (nSPS) is 11.8. The minimum absolute atomic E-state index is 0.113. The molecule has 1 aromatic heterocycles. The molecule has 0 saturated heterocycles. The molecule has 2 aromatic carbocycles. The molecule has 1 heterocycles. The number of aromatic hydroxyl groups is 1. The Hall–Kier alpha value is -3.27. The molecule has 0 spiro atoms. The van der Waals surface area contributed by atoms with Gasteiger partial charge in [0.05, 0.1) is 6.20 Å². The van der Waals surface area contributed by atoms with Gasteiger partial charge in [-0.25, -0.2) is 13.4 Å². The quantitative estimate of drug-likeness (QED) is 0.619. The number of sulfonamides is 1. The largest absolute Gasteiger partial charge is 0.508 e. The summed E-state index contributed by atoms with van der Waals surface area (Å²) >= 11 is 0. The van der Waals surface area contributed by atoms with Crippen molar-refractivity contribution in [3.8, 4) is 22.8 Å².